The van der Waals surface area contributed by atoms with E-state index in [2.05, 4.69) is 4.90 Å². The monoisotopic (exact) mass is 410 g/mol. The average molecular weight is 411 g/mol. The van der Waals surface area contributed by atoms with E-state index in [1.807, 2.05) is 31.1 Å². The molecule has 1 aromatic carbocycles. The molecule has 2 fully saturated rings. The lowest BCUT2D eigenvalue weighted by molar-refractivity contribution is 0.0755. The van der Waals surface area contributed by atoms with Crippen LogP contribution in [0.25, 0.3) is 0 Å². The van der Waals surface area contributed by atoms with Crippen molar-refractivity contribution >= 4 is 16.1 Å². The Morgan fingerprint density at radius 3 is 2.46 bits per heavy atom. The summed E-state index contributed by atoms with van der Waals surface area (Å²) < 4.78 is 33.5. The van der Waals surface area contributed by atoms with E-state index in [-0.39, 0.29) is 17.2 Å². The van der Waals surface area contributed by atoms with Gasteiger partial charge >= 0.3 is 0 Å². The van der Waals surface area contributed by atoms with Crippen LogP contribution in [0.2, 0.25) is 0 Å². The molecule has 0 saturated carbocycles. The van der Waals surface area contributed by atoms with Crippen molar-refractivity contribution in [2.24, 2.45) is 11.3 Å². The maximum absolute atomic E-state index is 13.2. The second-order valence-corrected chi connectivity index (χ2v) is 10.4. The Hall–Kier alpha value is -1.68. The molecule has 0 bridgehead atoms. The quantitative estimate of drug-likeness (QED) is 0.680. The van der Waals surface area contributed by atoms with Crippen molar-refractivity contribution in [2.45, 2.75) is 0 Å². The minimum atomic E-state index is -3.47. The van der Waals surface area contributed by atoms with E-state index < -0.39 is 10.2 Å². The third-order valence-corrected chi connectivity index (χ3v) is 7.62. The minimum Gasteiger partial charge on any atom is -0.496 e. The highest BCUT2D eigenvalue weighted by Gasteiger charge is 2.56. The molecule has 2 atom stereocenters. The summed E-state index contributed by atoms with van der Waals surface area (Å²) in [6.45, 7) is 2.67. The van der Waals surface area contributed by atoms with Gasteiger partial charge in [-0.05, 0) is 26.2 Å². The van der Waals surface area contributed by atoms with Crippen molar-refractivity contribution in [3.63, 3.8) is 0 Å². The third kappa shape index (κ3) is 3.63. The molecule has 1 amide bonds. The molecule has 0 radical (unpaired) electrons. The first-order valence-corrected chi connectivity index (χ1v) is 10.7. The van der Waals surface area contributed by atoms with E-state index in [4.69, 9.17) is 4.74 Å². The van der Waals surface area contributed by atoms with Crippen LogP contribution in [0.15, 0.2) is 24.3 Å². The van der Waals surface area contributed by atoms with Crippen LogP contribution in [-0.2, 0) is 10.2 Å². The van der Waals surface area contributed by atoms with E-state index in [1.165, 1.54) is 4.31 Å². The lowest BCUT2D eigenvalue weighted by Crippen LogP contribution is -2.45. The van der Waals surface area contributed by atoms with Gasteiger partial charge in [0.1, 0.15) is 5.75 Å². The van der Waals surface area contributed by atoms with E-state index in [1.54, 1.807) is 37.6 Å². The molecular formula is C19H30N4O4S. The molecule has 2 saturated heterocycles. The zero-order valence-electron chi connectivity index (χ0n) is 17.3. The van der Waals surface area contributed by atoms with Gasteiger partial charge in [-0.15, -0.1) is 0 Å². The summed E-state index contributed by atoms with van der Waals surface area (Å²) in [5, 5.41) is 0. The fourth-order valence-electron chi connectivity index (χ4n) is 4.54. The Balaban J connectivity index is 1.86. The van der Waals surface area contributed by atoms with Gasteiger partial charge in [0.05, 0.1) is 12.7 Å². The highest BCUT2D eigenvalue weighted by molar-refractivity contribution is 7.86. The van der Waals surface area contributed by atoms with Gasteiger partial charge in [0.25, 0.3) is 16.1 Å². The van der Waals surface area contributed by atoms with Crippen molar-refractivity contribution < 1.29 is 17.9 Å². The molecule has 28 heavy (non-hydrogen) atoms. The Morgan fingerprint density at radius 2 is 1.86 bits per heavy atom. The molecule has 2 aliphatic heterocycles. The number of benzene rings is 1. The summed E-state index contributed by atoms with van der Waals surface area (Å²) in [7, 11) is 5.17. The molecule has 2 unspecified atom stereocenters. The Bertz CT molecular complexity index is 842. The minimum absolute atomic E-state index is 0.0630. The SMILES string of the molecule is COc1ccccc1C(=O)N1CC2CN(S(=O)(=O)N(C)C)CC2(CN(C)C)C1. The third-order valence-electron chi connectivity index (χ3n) is 5.77. The largest absolute Gasteiger partial charge is 0.496 e. The summed E-state index contributed by atoms with van der Waals surface area (Å²) in [5.41, 5.74) is 0.271. The lowest BCUT2D eigenvalue weighted by atomic mass is 9.80. The van der Waals surface area contributed by atoms with E-state index >= 15 is 0 Å². The van der Waals surface area contributed by atoms with E-state index in [9.17, 15) is 13.2 Å². The number of nitrogens with zero attached hydrogens (tertiary/aromatic N) is 4. The smallest absolute Gasteiger partial charge is 0.281 e. The number of ether oxygens (including phenoxy) is 1. The molecule has 8 nitrogen and oxygen atoms in total. The number of fused-ring (bicyclic) bond motifs is 1. The van der Waals surface area contributed by atoms with Crippen LogP contribution < -0.4 is 4.74 Å². The van der Waals surface area contributed by atoms with Crippen LogP contribution in [-0.4, -0.2) is 101 Å². The fourth-order valence-corrected chi connectivity index (χ4v) is 5.79. The van der Waals surface area contributed by atoms with Crippen molar-refractivity contribution in [3.05, 3.63) is 29.8 Å². The van der Waals surface area contributed by atoms with E-state index in [0.717, 1.165) is 6.54 Å². The highest BCUT2D eigenvalue weighted by Crippen LogP contribution is 2.44. The first-order valence-electron chi connectivity index (χ1n) is 9.35. The summed E-state index contributed by atoms with van der Waals surface area (Å²) >= 11 is 0. The topological polar surface area (TPSA) is 73.4 Å². The summed E-state index contributed by atoms with van der Waals surface area (Å²) in [4.78, 5) is 17.1. The first-order chi connectivity index (χ1) is 13.1. The molecule has 0 spiro atoms. The second-order valence-electron chi connectivity index (χ2n) is 8.27. The fraction of sp³-hybridized carbons (Fsp3) is 0.632. The number of rotatable bonds is 6. The Labute approximate surface area is 167 Å². The van der Waals surface area contributed by atoms with Crippen LogP contribution in [0.3, 0.4) is 0 Å². The molecule has 1 aromatic rings. The zero-order chi connectivity index (χ0) is 20.7. The first kappa shape index (κ1) is 21.0. The van der Waals surface area contributed by atoms with Gasteiger partial charge in [0.15, 0.2) is 0 Å². The van der Waals surface area contributed by atoms with Gasteiger partial charge in [0.2, 0.25) is 0 Å². The highest BCUT2D eigenvalue weighted by atomic mass is 32.2. The Kier molecular flexibility index (Phi) is 5.73. The Morgan fingerprint density at radius 1 is 1.18 bits per heavy atom. The molecule has 3 rings (SSSR count). The van der Waals surface area contributed by atoms with Crippen LogP contribution in [0.4, 0.5) is 0 Å². The molecule has 0 aliphatic carbocycles. The maximum Gasteiger partial charge on any atom is 0.281 e. The standard InChI is InChI=1S/C19H30N4O4S/c1-20(2)12-19-13-22(18(24)16-8-6-7-9-17(16)27-5)10-15(19)11-23(14-19)28(25,26)21(3)4/h6-9,15H,10-14H2,1-5H3. The van der Waals surface area contributed by atoms with Crippen LogP contribution in [0.5, 0.6) is 5.75 Å². The van der Waals surface area contributed by atoms with Crippen molar-refractivity contribution in [3.8, 4) is 5.75 Å². The number of hydrogen-bond acceptors (Lipinski definition) is 5. The lowest BCUT2D eigenvalue weighted by Gasteiger charge is -2.32. The summed E-state index contributed by atoms with van der Waals surface area (Å²) in [5.74, 6) is 0.596. The predicted octanol–water partition coefficient (Wildman–Crippen LogP) is 0.437. The molecular weight excluding hydrogens is 380 g/mol. The van der Waals surface area contributed by atoms with Gasteiger partial charge in [-0.1, -0.05) is 12.1 Å². The van der Waals surface area contributed by atoms with Crippen LogP contribution in [0, 0.1) is 11.3 Å². The van der Waals surface area contributed by atoms with Crippen LogP contribution >= 0.6 is 0 Å². The van der Waals surface area contributed by atoms with Gasteiger partial charge < -0.3 is 14.5 Å². The zero-order valence-corrected chi connectivity index (χ0v) is 18.1. The number of carbonyl (C=O) groups is 1. The van der Waals surface area contributed by atoms with Crippen LogP contribution in [0.1, 0.15) is 10.4 Å². The van der Waals surface area contributed by atoms with Crippen molar-refractivity contribution in [2.75, 3.05) is 68.0 Å². The molecule has 9 heteroatoms. The van der Waals surface area contributed by atoms with Crippen molar-refractivity contribution in [1.29, 1.82) is 0 Å². The van der Waals surface area contributed by atoms with Gasteiger partial charge in [-0.25, -0.2) is 0 Å². The molecule has 2 aliphatic rings. The van der Waals surface area contributed by atoms with Crippen molar-refractivity contribution in [1.82, 2.24) is 18.4 Å². The second kappa shape index (κ2) is 7.62. The molecule has 0 N–H and O–H groups in total. The number of methoxy groups -OCH3 is 1. The molecule has 0 aromatic heterocycles. The maximum atomic E-state index is 13.2. The summed E-state index contributed by atoms with van der Waals surface area (Å²) in [6.07, 6.45) is 0. The van der Waals surface area contributed by atoms with Gasteiger partial charge in [0, 0.05) is 58.2 Å². The average Bonchev–Trinajstić information content (AvgIpc) is 3.14. The van der Waals surface area contributed by atoms with E-state index in [0.29, 0.717) is 37.5 Å². The molecule has 2 heterocycles. The van der Waals surface area contributed by atoms with Gasteiger partial charge in [-0.3, -0.25) is 4.79 Å². The normalized spacial score (nSPS) is 25.5. The number of para-hydroxylation sites is 1. The number of likely N-dealkylation sites (tertiary alicyclic amines) is 1. The number of carbonyl (C=O) groups excluding carboxylic acids is 1. The van der Waals surface area contributed by atoms with Gasteiger partial charge in [-0.2, -0.15) is 17.0 Å². The number of hydrogen-bond donors (Lipinski definition) is 0. The predicted molar refractivity (Wildman–Crippen MR) is 108 cm³/mol. The molecule has 156 valence electrons. The number of amides is 1. The summed E-state index contributed by atoms with van der Waals surface area (Å²) in [6, 6.07) is 7.22.